The Labute approximate surface area is 173 Å². The fourth-order valence-electron chi connectivity index (χ4n) is 3.28. The summed E-state index contributed by atoms with van der Waals surface area (Å²) in [6.45, 7) is 0. The SMILES string of the molecule is O=C(c1ccc(F)cc1)c1ccc(-c2ccc(C(O)c3ccc(F)cc3)cc2)cc1. The Morgan fingerprint density at radius 1 is 0.567 bits per heavy atom. The second-order valence-electron chi connectivity index (χ2n) is 6.99. The third-order valence-corrected chi connectivity index (χ3v) is 5.00. The zero-order valence-electron chi connectivity index (χ0n) is 15.9. The van der Waals surface area contributed by atoms with Gasteiger partial charge in [0, 0.05) is 11.1 Å². The van der Waals surface area contributed by atoms with E-state index in [1.165, 1.54) is 36.4 Å². The molecule has 4 rings (SSSR count). The van der Waals surface area contributed by atoms with Gasteiger partial charge in [-0.25, -0.2) is 8.78 Å². The Bertz CT molecular complexity index is 1150. The van der Waals surface area contributed by atoms with Crippen LogP contribution in [0.2, 0.25) is 0 Å². The van der Waals surface area contributed by atoms with Gasteiger partial charge in [-0.3, -0.25) is 4.79 Å². The molecule has 0 spiro atoms. The number of ketones is 1. The van der Waals surface area contributed by atoms with Crippen molar-refractivity contribution in [2.45, 2.75) is 6.10 Å². The van der Waals surface area contributed by atoms with Gasteiger partial charge in [0.15, 0.2) is 5.78 Å². The summed E-state index contributed by atoms with van der Waals surface area (Å²) in [6, 6.07) is 25.8. The molecule has 0 fully saturated rings. The summed E-state index contributed by atoms with van der Waals surface area (Å²) < 4.78 is 26.1. The second kappa shape index (κ2) is 8.39. The molecule has 148 valence electrons. The minimum atomic E-state index is -0.838. The normalized spacial score (nSPS) is 11.8. The first-order chi connectivity index (χ1) is 14.5. The quantitative estimate of drug-likeness (QED) is 0.421. The van der Waals surface area contributed by atoms with Gasteiger partial charge in [-0.15, -0.1) is 0 Å². The number of aliphatic hydroxyl groups excluding tert-OH is 1. The number of halogens is 2. The molecule has 0 aliphatic rings. The molecule has 30 heavy (non-hydrogen) atoms. The van der Waals surface area contributed by atoms with Crippen LogP contribution in [0.4, 0.5) is 8.78 Å². The van der Waals surface area contributed by atoms with Gasteiger partial charge < -0.3 is 5.11 Å². The van der Waals surface area contributed by atoms with Crippen molar-refractivity contribution < 1.29 is 18.7 Å². The van der Waals surface area contributed by atoms with Gasteiger partial charge in [0.2, 0.25) is 0 Å². The number of carbonyl (C=O) groups excluding carboxylic acids is 1. The molecule has 0 aliphatic heterocycles. The lowest BCUT2D eigenvalue weighted by Crippen LogP contribution is -2.01. The highest BCUT2D eigenvalue weighted by Crippen LogP contribution is 2.26. The van der Waals surface area contributed by atoms with Crippen molar-refractivity contribution >= 4 is 5.78 Å². The average molecular weight is 400 g/mol. The van der Waals surface area contributed by atoms with E-state index in [0.717, 1.165) is 11.1 Å². The van der Waals surface area contributed by atoms with E-state index in [2.05, 4.69) is 0 Å². The summed E-state index contributed by atoms with van der Waals surface area (Å²) in [6.07, 6.45) is -0.838. The van der Waals surface area contributed by atoms with Crippen molar-refractivity contribution in [2.24, 2.45) is 0 Å². The van der Waals surface area contributed by atoms with E-state index in [4.69, 9.17) is 0 Å². The number of carbonyl (C=O) groups is 1. The lowest BCUT2D eigenvalue weighted by atomic mass is 9.96. The summed E-state index contributed by atoms with van der Waals surface area (Å²) in [4.78, 5) is 12.5. The molecule has 0 bridgehead atoms. The summed E-state index contributed by atoms with van der Waals surface area (Å²) >= 11 is 0. The Balaban J connectivity index is 1.51. The van der Waals surface area contributed by atoms with E-state index in [1.54, 1.807) is 24.3 Å². The van der Waals surface area contributed by atoms with Crippen LogP contribution in [0.5, 0.6) is 0 Å². The molecule has 1 N–H and O–H groups in total. The fourth-order valence-corrected chi connectivity index (χ4v) is 3.28. The predicted octanol–water partition coefficient (Wildman–Crippen LogP) is 5.94. The molecule has 1 atom stereocenters. The zero-order chi connectivity index (χ0) is 21.1. The summed E-state index contributed by atoms with van der Waals surface area (Å²) in [5.41, 5.74) is 4.14. The highest BCUT2D eigenvalue weighted by atomic mass is 19.1. The number of aliphatic hydroxyl groups is 1. The summed E-state index contributed by atoms with van der Waals surface area (Å²) in [5, 5.41) is 10.5. The third-order valence-electron chi connectivity index (χ3n) is 5.00. The third kappa shape index (κ3) is 4.19. The zero-order valence-corrected chi connectivity index (χ0v) is 15.9. The van der Waals surface area contributed by atoms with Gasteiger partial charge in [0.1, 0.15) is 17.7 Å². The first-order valence-corrected chi connectivity index (χ1v) is 9.45. The maximum absolute atomic E-state index is 13.1. The van der Waals surface area contributed by atoms with Gasteiger partial charge >= 0.3 is 0 Å². The van der Waals surface area contributed by atoms with Crippen LogP contribution >= 0.6 is 0 Å². The number of benzene rings is 4. The highest BCUT2D eigenvalue weighted by Gasteiger charge is 2.12. The minimum absolute atomic E-state index is 0.167. The Morgan fingerprint density at radius 3 is 1.37 bits per heavy atom. The van der Waals surface area contributed by atoms with Crippen molar-refractivity contribution in [3.8, 4) is 11.1 Å². The Kier molecular flexibility index (Phi) is 5.50. The van der Waals surface area contributed by atoms with Gasteiger partial charge in [-0.2, -0.15) is 0 Å². The molecular weight excluding hydrogens is 382 g/mol. The molecule has 0 aromatic heterocycles. The van der Waals surface area contributed by atoms with E-state index >= 15 is 0 Å². The molecule has 4 heteroatoms. The Hall–Kier alpha value is -3.63. The topological polar surface area (TPSA) is 37.3 Å². The number of rotatable bonds is 5. The second-order valence-corrected chi connectivity index (χ2v) is 6.99. The average Bonchev–Trinajstić information content (AvgIpc) is 2.79. The van der Waals surface area contributed by atoms with Crippen LogP contribution in [0.15, 0.2) is 97.1 Å². The summed E-state index contributed by atoms with van der Waals surface area (Å²) in [5.74, 6) is -0.892. The molecule has 0 amide bonds. The lowest BCUT2D eigenvalue weighted by Gasteiger charge is -2.12. The van der Waals surface area contributed by atoms with Crippen LogP contribution in [0, 0.1) is 11.6 Å². The number of hydrogen-bond donors (Lipinski definition) is 1. The van der Waals surface area contributed by atoms with Crippen LogP contribution < -0.4 is 0 Å². The minimum Gasteiger partial charge on any atom is -0.384 e. The van der Waals surface area contributed by atoms with Crippen LogP contribution in [-0.2, 0) is 0 Å². The molecular formula is C26H18F2O2. The molecule has 0 radical (unpaired) electrons. The van der Waals surface area contributed by atoms with Crippen molar-refractivity contribution in [3.05, 3.63) is 131 Å². The van der Waals surface area contributed by atoms with Crippen LogP contribution in [0.1, 0.15) is 33.2 Å². The van der Waals surface area contributed by atoms with Crippen LogP contribution in [-0.4, -0.2) is 10.9 Å². The first-order valence-electron chi connectivity index (χ1n) is 9.45. The molecule has 4 aromatic rings. The molecule has 0 saturated carbocycles. The molecule has 0 saturated heterocycles. The fraction of sp³-hybridized carbons (Fsp3) is 0.0385. The molecule has 0 heterocycles. The van der Waals surface area contributed by atoms with Crippen LogP contribution in [0.3, 0.4) is 0 Å². The van der Waals surface area contributed by atoms with Crippen LogP contribution in [0.25, 0.3) is 11.1 Å². The highest BCUT2D eigenvalue weighted by molar-refractivity contribution is 6.09. The number of hydrogen-bond acceptors (Lipinski definition) is 2. The molecule has 0 aliphatic carbocycles. The van der Waals surface area contributed by atoms with Crippen molar-refractivity contribution in [2.75, 3.05) is 0 Å². The molecule has 1 unspecified atom stereocenters. The predicted molar refractivity (Wildman–Crippen MR) is 112 cm³/mol. The largest absolute Gasteiger partial charge is 0.384 e. The first kappa shape index (κ1) is 19.7. The van der Waals surface area contributed by atoms with Gasteiger partial charge in [0.05, 0.1) is 0 Å². The van der Waals surface area contributed by atoms with Crippen molar-refractivity contribution in [1.29, 1.82) is 0 Å². The lowest BCUT2D eigenvalue weighted by molar-refractivity contribution is 0.103. The van der Waals surface area contributed by atoms with E-state index in [1.807, 2.05) is 36.4 Å². The monoisotopic (exact) mass is 400 g/mol. The van der Waals surface area contributed by atoms with Crippen molar-refractivity contribution in [1.82, 2.24) is 0 Å². The van der Waals surface area contributed by atoms with Crippen molar-refractivity contribution in [3.63, 3.8) is 0 Å². The standard InChI is InChI=1S/C26H18F2O2/c27-23-13-9-21(10-14-23)25(29)19-5-1-17(2-6-19)18-3-7-20(8-4-18)26(30)22-11-15-24(28)16-12-22/h1-16,25,29H. The van der Waals surface area contributed by atoms with E-state index in [-0.39, 0.29) is 17.4 Å². The van der Waals surface area contributed by atoms with Gasteiger partial charge in [0.25, 0.3) is 0 Å². The maximum atomic E-state index is 13.1. The summed E-state index contributed by atoms with van der Waals surface area (Å²) in [7, 11) is 0. The molecule has 2 nitrogen and oxygen atoms in total. The van der Waals surface area contributed by atoms with E-state index in [0.29, 0.717) is 22.3 Å². The van der Waals surface area contributed by atoms with E-state index < -0.39 is 6.10 Å². The maximum Gasteiger partial charge on any atom is 0.193 e. The van der Waals surface area contributed by atoms with E-state index in [9.17, 15) is 18.7 Å². The molecule has 4 aromatic carbocycles. The van der Waals surface area contributed by atoms with Gasteiger partial charge in [-0.05, 0) is 58.7 Å². The Morgan fingerprint density at radius 2 is 0.900 bits per heavy atom. The van der Waals surface area contributed by atoms with Gasteiger partial charge in [-0.1, -0.05) is 60.7 Å². The smallest absolute Gasteiger partial charge is 0.193 e.